The van der Waals surface area contributed by atoms with Crippen LogP contribution in [0, 0.1) is 5.92 Å². The van der Waals surface area contributed by atoms with Crippen molar-refractivity contribution in [2.45, 2.75) is 12.8 Å². The first-order valence-corrected chi connectivity index (χ1v) is 6.95. The highest BCUT2D eigenvalue weighted by Gasteiger charge is 2.15. The van der Waals surface area contributed by atoms with Crippen LogP contribution in [0.1, 0.15) is 12.8 Å². The van der Waals surface area contributed by atoms with Crippen LogP contribution in [0.25, 0.3) is 0 Å². The molecule has 0 radical (unpaired) electrons. The molecule has 0 aliphatic carbocycles. The van der Waals surface area contributed by atoms with Gasteiger partial charge in [0.2, 0.25) is 0 Å². The van der Waals surface area contributed by atoms with Gasteiger partial charge in [0.25, 0.3) is 0 Å². The Hall–Kier alpha value is -0.850. The Morgan fingerprint density at radius 1 is 1.32 bits per heavy atom. The van der Waals surface area contributed by atoms with Crippen molar-refractivity contribution >= 4 is 5.96 Å². The largest absolute Gasteiger partial charge is 0.383 e. The molecular weight excluding hydrogens is 246 g/mol. The maximum absolute atomic E-state index is 5.63. The van der Waals surface area contributed by atoms with E-state index in [0.717, 1.165) is 58.3 Å². The monoisotopic (exact) mass is 273 g/mol. The number of methoxy groups -OCH3 is 1. The molecule has 1 fully saturated rings. The highest BCUT2D eigenvalue weighted by Crippen LogP contribution is 2.12. The Labute approximate surface area is 115 Å². The maximum atomic E-state index is 5.63. The van der Waals surface area contributed by atoms with Crippen LogP contribution in [0.2, 0.25) is 0 Å². The van der Waals surface area contributed by atoms with Crippen LogP contribution >= 0.6 is 0 Å². The summed E-state index contributed by atoms with van der Waals surface area (Å²) in [6.07, 6.45) is 2.10. The van der Waals surface area contributed by atoms with Gasteiger partial charge in [-0.25, -0.2) is 0 Å². The van der Waals surface area contributed by atoms with E-state index in [9.17, 15) is 0 Å². The van der Waals surface area contributed by atoms with Gasteiger partial charge in [-0.05, 0) is 12.8 Å². The van der Waals surface area contributed by atoms with Crippen molar-refractivity contribution in [2.24, 2.45) is 10.9 Å². The molecule has 1 aliphatic rings. The maximum Gasteiger partial charge on any atom is 0.191 e. The van der Waals surface area contributed by atoms with Crippen molar-refractivity contribution in [3.8, 4) is 0 Å². The van der Waals surface area contributed by atoms with Gasteiger partial charge in [0.05, 0.1) is 19.8 Å². The summed E-state index contributed by atoms with van der Waals surface area (Å²) in [5.74, 6) is 1.40. The minimum atomic E-state index is 0.594. The fraction of sp³-hybridized carbons (Fsp3) is 0.923. The molecule has 1 unspecified atom stereocenters. The van der Waals surface area contributed by atoms with Crippen molar-refractivity contribution in [3.05, 3.63) is 0 Å². The summed E-state index contributed by atoms with van der Waals surface area (Å²) in [7, 11) is 3.45. The normalized spacial score (nSPS) is 19.7. The zero-order chi connectivity index (χ0) is 13.8. The Bertz CT molecular complexity index is 243. The summed E-state index contributed by atoms with van der Waals surface area (Å²) in [4.78, 5) is 4.12. The molecule has 2 N–H and O–H groups in total. The van der Waals surface area contributed by atoms with Crippen LogP contribution in [0.5, 0.6) is 0 Å². The van der Waals surface area contributed by atoms with Gasteiger partial charge >= 0.3 is 0 Å². The zero-order valence-electron chi connectivity index (χ0n) is 12.1. The summed E-state index contributed by atoms with van der Waals surface area (Å²) < 4.78 is 15.9. The van der Waals surface area contributed by atoms with E-state index in [1.54, 1.807) is 14.2 Å². The van der Waals surface area contributed by atoms with Crippen molar-refractivity contribution in [1.82, 2.24) is 10.6 Å². The molecule has 0 aromatic rings. The van der Waals surface area contributed by atoms with E-state index in [1.807, 2.05) is 0 Å². The van der Waals surface area contributed by atoms with E-state index >= 15 is 0 Å². The molecule has 0 aromatic heterocycles. The first-order valence-electron chi connectivity index (χ1n) is 6.95. The van der Waals surface area contributed by atoms with E-state index in [1.165, 1.54) is 0 Å². The molecule has 1 saturated heterocycles. The average Bonchev–Trinajstić information content (AvgIpc) is 2.94. The Kier molecular flexibility index (Phi) is 9.40. The van der Waals surface area contributed by atoms with Gasteiger partial charge in [0.1, 0.15) is 0 Å². The summed E-state index contributed by atoms with van der Waals surface area (Å²) in [5, 5.41) is 6.40. The average molecular weight is 273 g/mol. The summed E-state index contributed by atoms with van der Waals surface area (Å²) in [5.41, 5.74) is 0. The van der Waals surface area contributed by atoms with Crippen LogP contribution in [-0.2, 0) is 14.2 Å². The SMILES string of the molecule is CN=C(NCCCOCC1CCOC1)NCCOC. The third-order valence-electron chi connectivity index (χ3n) is 2.96. The van der Waals surface area contributed by atoms with Gasteiger partial charge in [-0.2, -0.15) is 0 Å². The number of aliphatic imine (C=N–C) groups is 1. The molecule has 0 aromatic carbocycles. The number of hydrogen-bond donors (Lipinski definition) is 2. The Balaban J connectivity index is 1.90. The van der Waals surface area contributed by atoms with Crippen molar-refractivity contribution in [1.29, 1.82) is 0 Å². The van der Waals surface area contributed by atoms with Crippen LogP contribution in [-0.4, -0.2) is 66.2 Å². The third kappa shape index (κ3) is 8.02. The second-order valence-corrected chi connectivity index (χ2v) is 4.58. The highest BCUT2D eigenvalue weighted by atomic mass is 16.5. The molecule has 19 heavy (non-hydrogen) atoms. The lowest BCUT2D eigenvalue weighted by atomic mass is 10.1. The molecule has 6 heteroatoms. The fourth-order valence-corrected chi connectivity index (χ4v) is 1.84. The highest BCUT2D eigenvalue weighted by molar-refractivity contribution is 5.79. The van der Waals surface area contributed by atoms with E-state index in [0.29, 0.717) is 12.5 Å². The quantitative estimate of drug-likeness (QED) is 0.358. The standard InChI is InChI=1S/C13H27N3O3/c1-14-13(16-6-9-17-2)15-5-3-7-18-10-12-4-8-19-11-12/h12H,3-11H2,1-2H3,(H2,14,15,16). The fourth-order valence-electron chi connectivity index (χ4n) is 1.84. The first kappa shape index (κ1) is 16.2. The van der Waals surface area contributed by atoms with Crippen molar-refractivity contribution in [3.63, 3.8) is 0 Å². The number of ether oxygens (including phenoxy) is 3. The van der Waals surface area contributed by atoms with Crippen LogP contribution in [0.4, 0.5) is 0 Å². The number of nitrogens with one attached hydrogen (secondary N) is 2. The molecule has 0 amide bonds. The van der Waals surface area contributed by atoms with Crippen molar-refractivity contribution in [2.75, 3.05) is 60.3 Å². The lowest BCUT2D eigenvalue weighted by Gasteiger charge is -2.12. The molecule has 6 nitrogen and oxygen atoms in total. The molecule has 0 saturated carbocycles. The van der Waals surface area contributed by atoms with Crippen LogP contribution in [0.15, 0.2) is 4.99 Å². The van der Waals surface area contributed by atoms with E-state index in [-0.39, 0.29) is 0 Å². The Morgan fingerprint density at radius 2 is 2.16 bits per heavy atom. The zero-order valence-corrected chi connectivity index (χ0v) is 12.1. The lowest BCUT2D eigenvalue weighted by Crippen LogP contribution is -2.39. The molecule has 112 valence electrons. The second kappa shape index (κ2) is 11.0. The van der Waals surface area contributed by atoms with E-state index < -0.39 is 0 Å². The van der Waals surface area contributed by atoms with Gasteiger partial charge in [-0.15, -0.1) is 0 Å². The molecule has 0 spiro atoms. The van der Waals surface area contributed by atoms with Gasteiger partial charge in [0, 0.05) is 46.4 Å². The number of nitrogens with zero attached hydrogens (tertiary/aromatic N) is 1. The Morgan fingerprint density at radius 3 is 2.84 bits per heavy atom. The number of hydrogen-bond acceptors (Lipinski definition) is 4. The van der Waals surface area contributed by atoms with Gasteiger partial charge in [-0.3, -0.25) is 4.99 Å². The molecule has 1 atom stereocenters. The number of guanidine groups is 1. The smallest absolute Gasteiger partial charge is 0.191 e. The number of rotatable bonds is 9. The second-order valence-electron chi connectivity index (χ2n) is 4.58. The molecule has 0 bridgehead atoms. The lowest BCUT2D eigenvalue weighted by molar-refractivity contribution is 0.0888. The van der Waals surface area contributed by atoms with Crippen LogP contribution in [0.3, 0.4) is 0 Å². The van der Waals surface area contributed by atoms with Crippen molar-refractivity contribution < 1.29 is 14.2 Å². The summed E-state index contributed by atoms with van der Waals surface area (Å²) in [6.45, 7) is 5.63. The molecule has 1 rings (SSSR count). The topological polar surface area (TPSA) is 64.1 Å². The molecule has 1 aliphatic heterocycles. The minimum absolute atomic E-state index is 0.594. The van der Waals surface area contributed by atoms with E-state index in [4.69, 9.17) is 14.2 Å². The minimum Gasteiger partial charge on any atom is -0.383 e. The molecule has 1 heterocycles. The molecular formula is C13H27N3O3. The predicted octanol–water partition coefficient (Wildman–Crippen LogP) is 0.241. The van der Waals surface area contributed by atoms with E-state index in [2.05, 4.69) is 15.6 Å². The third-order valence-corrected chi connectivity index (χ3v) is 2.96. The summed E-state index contributed by atoms with van der Waals surface area (Å²) in [6, 6.07) is 0. The van der Waals surface area contributed by atoms with Gasteiger partial charge < -0.3 is 24.8 Å². The first-order chi connectivity index (χ1) is 9.36. The van der Waals surface area contributed by atoms with Crippen LogP contribution < -0.4 is 10.6 Å². The van der Waals surface area contributed by atoms with Gasteiger partial charge in [-0.1, -0.05) is 0 Å². The predicted molar refractivity (Wildman–Crippen MR) is 75.6 cm³/mol. The summed E-state index contributed by atoms with van der Waals surface area (Å²) >= 11 is 0. The van der Waals surface area contributed by atoms with Gasteiger partial charge in [0.15, 0.2) is 5.96 Å².